The molecule has 0 saturated carbocycles. The molecule has 0 saturated heterocycles. The van der Waals surface area contributed by atoms with Crippen LogP contribution in [0.3, 0.4) is 0 Å². The van der Waals surface area contributed by atoms with E-state index in [1.807, 2.05) is 32.0 Å². The summed E-state index contributed by atoms with van der Waals surface area (Å²) in [5.41, 5.74) is 4.89. The Labute approximate surface area is 157 Å². The van der Waals surface area contributed by atoms with E-state index < -0.39 is 6.04 Å². The van der Waals surface area contributed by atoms with Gasteiger partial charge >= 0.3 is 6.03 Å². The van der Waals surface area contributed by atoms with E-state index in [0.717, 1.165) is 16.7 Å². The summed E-state index contributed by atoms with van der Waals surface area (Å²) in [5, 5.41) is 2.95. The summed E-state index contributed by atoms with van der Waals surface area (Å²) in [7, 11) is 1.66. The molecule has 5 nitrogen and oxygen atoms in total. The fourth-order valence-electron chi connectivity index (χ4n) is 3.78. The number of amides is 3. The van der Waals surface area contributed by atoms with Gasteiger partial charge in [-0.3, -0.25) is 9.69 Å². The smallest absolute Gasteiger partial charge is 0.322 e. The van der Waals surface area contributed by atoms with Gasteiger partial charge in [0.25, 0.3) is 5.91 Å². The van der Waals surface area contributed by atoms with Crippen molar-refractivity contribution in [1.29, 1.82) is 0 Å². The SMILES string of the molecule is Cc1ccc(C2NC(=O)N(C)C3=C2C(=O)N(c2ccc(F)cc2)C3)c(C)c1. The number of urea groups is 1. The number of benzene rings is 2. The predicted molar refractivity (Wildman–Crippen MR) is 101 cm³/mol. The molecule has 0 aromatic heterocycles. The topological polar surface area (TPSA) is 52.7 Å². The van der Waals surface area contributed by atoms with E-state index in [-0.39, 0.29) is 24.3 Å². The average molecular weight is 365 g/mol. The van der Waals surface area contributed by atoms with Gasteiger partial charge in [-0.05, 0) is 49.2 Å². The first-order valence-electron chi connectivity index (χ1n) is 8.78. The van der Waals surface area contributed by atoms with Crippen molar-refractivity contribution in [3.8, 4) is 0 Å². The van der Waals surface area contributed by atoms with Crippen molar-refractivity contribution in [3.05, 3.63) is 76.2 Å². The molecular formula is C21H20FN3O2. The van der Waals surface area contributed by atoms with Gasteiger partial charge < -0.3 is 10.2 Å². The molecule has 1 unspecified atom stereocenters. The molecule has 4 rings (SSSR count). The second-order valence-corrected chi connectivity index (χ2v) is 7.03. The van der Waals surface area contributed by atoms with Gasteiger partial charge in [0.1, 0.15) is 5.82 Å². The molecule has 2 aromatic carbocycles. The highest BCUT2D eigenvalue weighted by Crippen LogP contribution is 2.38. The Morgan fingerprint density at radius 1 is 1.07 bits per heavy atom. The van der Waals surface area contributed by atoms with Gasteiger partial charge in [-0.2, -0.15) is 0 Å². The second kappa shape index (κ2) is 6.23. The molecule has 6 heteroatoms. The zero-order valence-corrected chi connectivity index (χ0v) is 15.4. The molecule has 0 spiro atoms. The summed E-state index contributed by atoms with van der Waals surface area (Å²) in [5.74, 6) is -0.529. The summed E-state index contributed by atoms with van der Waals surface area (Å²) >= 11 is 0. The number of anilines is 1. The highest BCUT2D eigenvalue weighted by Gasteiger charge is 2.43. The summed E-state index contributed by atoms with van der Waals surface area (Å²) < 4.78 is 13.3. The average Bonchev–Trinajstić information content (AvgIpc) is 2.97. The first kappa shape index (κ1) is 17.3. The van der Waals surface area contributed by atoms with Crippen LogP contribution >= 0.6 is 0 Å². The first-order valence-corrected chi connectivity index (χ1v) is 8.78. The van der Waals surface area contributed by atoms with Gasteiger partial charge in [0.2, 0.25) is 0 Å². The van der Waals surface area contributed by atoms with Crippen molar-refractivity contribution in [2.45, 2.75) is 19.9 Å². The molecule has 2 aromatic rings. The minimum Gasteiger partial charge on any atom is -0.326 e. The number of carbonyl (C=O) groups is 2. The Balaban J connectivity index is 1.78. The maximum absolute atomic E-state index is 13.3. The van der Waals surface area contributed by atoms with E-state index in [0.29, 0.717) is 17.0 Å². The molecule has 2 heterocycles. The molecule has 0 aliphatic carbocycles. The van der Waals surface area contributed by atoms with Crippen LogP contribution in [-0.4, -0.2) is 30.4 Å². The fourth-order valence-corrected chi connectivity index (χ4v) is 3.78. The lowest BCUT2D eigenvalue weighted by Crippen LogP contribution is -2.45. The Morgan fingerprint density at radius 3 is 2.44 bits per heavy atom. The van der Waals surface area contributed by atoms with Crippen LogP contribution < -0.4 is 10.2 Å². The van der Waals surface area contributed by atoms with Crippen LogP contribution in [0.25, 0.3) is 0 Å². The standard InChI is InChI=1S/C21H20FN3O2/c1-12-4-9-16(13(2)10-12)19-18-17(24(3)21(27)23-19)11-25(20(18)26)15-7-5-14(22)6-8-15/h4-10,19H,11H2,1-3H3,(H,23,27). The Hall–Kier alpha value is -3.15. The van der Waals surface area contributed by atoms with Crippen LogP contribution in [0, 0.1) is 19.7 Å². The zero-order valence-electron chi connectivity index (χ0n) is 15.4. The van der Waals surface area contributed by atoms with Gasteiger partial charge in [0.05, 0.1) is 23.9 Å². The van der Waals surface area contributed by atoms with Crippen LogP contribution in [0.2, 0.25) is 0 Å². The van der Waals surface area contributed by atoms with Gasteiger partial charge in [0.15, 0.2) is 0 Å². The van der Waals surface area contributed by atoms with Crippen molar-refractivity contribution >= 4 is 17.6 Å². The van der Waals surface area contributed by atoms with E-state index in [1.54, 1.807) is 24.1 Å². The Morgan fingerprint density at radius 2 is 1.78 bits per heavy atom. The van der Waals surface area contributed by atoms with E-state index in [9.17, 15) is 14.0 Å². The fraction of sp³-hybridized carbons (Fsp3) is 0.238. The highest BCUT2D eigenvalue weighted by molar-refractivity contribution is 6.11. The van der Waals surface area contributed by atoms with E-state index >= 15 is 0 Å². The maximum Gasteiger partial charge on any atom is 0.322 e. The lowest BCUT2D eigenvalue weighted by atomic mass is 9.91. The molecule has 2 aliphatic heterocycles. The van der Waals surface area contributed by atoms with E-state index in [4.69, 9.17) is 0 Å². The monoisotopic (exact) mass is 365 g/mol. The Bertz CT molecular complexity index is 981. The quantitative estimate of drug-likeness (QED) is 0.886. The number of likely N-dealkylation sites (N-methyl/N-ethyl adjacent to an activating group) is 1. The van der Waals surface area contributed by atoms with Crippen LogP contribution in [-0.2, 0) is 4.79 Å². The molecular weight excluding hydrogens is 345 g/mol. The van der Waals surface area contributed by atoms with Gasteiger partial charge in [-0.25, -0.2) is 9.18 Å². The van der Waals surface area contributed by atoms with Crippen molar-refractivity contribution in [3.63, 3.8) is 0 Å². The number of hydrogen-bond acceptors (Lipinski definition) is 2. The lowest BCUT2D eigenvalue weighted by Gasteiger charge is -2.31. The van der Waals surface area contributed by atoms with Crippen LogP contribution in [0.1, 0.15) is 22.7 Å². The maximum atomic E-state index is 13.3. The summed E-state index contributed by atoms with van der Waals surface area (Å²) in [6.45, 7) is 4.26. The minimum absolute atomic E-state index is 0.173. The normalized spacial score (nSPS) is 19.5. The van der Waals surface area contributed by atoms with Crippen molar-refractivity contribution in [1.82, 2.24) is 10.2 Å². The first-order chi connectivity index (χ1) is 12.9. The van der Waals surface area contributed by atoms with Crippen molar-refractivity contribution < 1.29 is 14.0 Å². The van der Waals surface area contributed by atoms with Crippen LogP contribution in [0.4, 0.5) is 14.9 Å². The van der Waals surface area contributed by atoms with Gasteiger partial charge in [-0.15, -0.1) is 0 Å². The third kappa shape index (κ3) is 2.77. The number of carbonyl (C=O) groups excluding carboxylic acids is 2. The minimum atomic E-state index is -0.498. The van der Waals surface area contributed by atoms with Gasteiger partial charge in [0, 0.05) is 12.7 Å². The number of halogens is 1. The summed E-state index contributed by atoms with van der Waals surface area (Å²) in [6.07, 6.45) is 0. The van der Waals surface area contributed by atoms with Gasteiger partial charge in [-0.1, -0.05) is 23.8 Å². The molecule has 1 atom stereocenters. The third-order valence-electron chi connectivity index (χ3n) is 5.23. The molecule has 0 bridgehead atoms. The predicted octanol–water partition coefficient (Wildman–Crippen LogP) is 3.44. The largest absolute Gasteiger partial charge is 0.326 e. The van der Waals surface area contributed by atoms with E-state index in [1.165, 1.54) is 17.0 Å². The highest BCUT2D eigenvalue weighted by atomic mass is 19.1. The third-order valence-corrected chi connectivity index (χ3v) is 5.23. The molecule has 27 heavy (non-hydrogen) atoms. The lowest BCUT2D eigenvalue weighted by molar-refractivity contribution is -0.114. The molecule has 0 radical (unpaired) electrons. The summed E-state index contributed by atoms with van der Waals surface area (Å²) in [4.78, 5) is 28.8. The van der Waals surface area contributed by atoms with Crippen molar-refractivity contribution in [2.75, 3.05) is 18.5 Å². The molecule has 138 valence electrons. The van der Waals surface area contributed by atoms with Crippen LogP contribution in [0.15, 0.2) is 53.7 Å². The molecule has 1 N–H and O–H groups in total. The molecule has 2 aliphatic rings. The van der Waals surface area contributed by atoms with E-state index in [2.05, 4.69) is 5.32 Å². The number of hydrogen-bond donors (Lipinski definition) is 1. The Kier molecular flexibility index (Phi) is 3.98. The van der Waals surface area contributed by atoms with Crippen molar-refractivity contribution in [2.24, 2.45) is 0 Å². The molecule has 3 amide bonds. The second-order valence-electron chi connectivity index (χ2n) is 7.03. The summed E-state index contributed by atoms with van der Waals surface area (Å²) in [6, 6.07) is 11.0. The molecule has 0 fully saturated rings. The number of nitrogens with one attached hydrogen (secondary N) is 1. The number of nitrogens with zero attached hydrogens (tertiary/aromatic N) is 2. The zero-order chi connectivity index (χ0) is 19.3. The van der Waals surface area contributed by atoms with Crippen LogP contribution in [0.5, 0.6) is 0 Å². The number of aryl methyl sites for hydroxylation is 2. The number of rotatable bonds is 2.